The van der Waals surface area contributed by atoms with Crippen LogP contribution >= 0.6 is 11.8 Å². The van der Waals surface area contributed by atoms with Crippen LogP contribution in [0.1, 0.15) is 23.7 Å². The molecule has 0 N–H and O–H groups in total. The monoisotopic (exact) mass is 427 g/mol. The number of nitriles is 1. The molecule has 8 heteroatoms. The minimum absolute atomic E-state index is 0.0393. The second kappa shape index (κ2) is 9.37. The van der Waals surface area contributed by atoms with Crippen molar-refractivity contribution in [3.8, 4) is 34.4 Å². The molecule has 0 saturated carbocycles. The fourth-order valence-electron chi connectivity index (χ4n) is 3.59. The summed E-state index contributed by atoms with van der Waals surface area (Å²) in [5.41, 5.74) is 4.03. The Kier molecular flexibility index (Phi) is 6.85. The van der Waals surface area contributed by atoms with Crippen molar-refractivity contribution in [3.05, 3.63) is 29.0 Å². The molecule has 0 radical (unpaired) electrons. The van der Waals surface area contributed by atoms with Crippen molar-refractivity contribution in [2.24, 2.45) is 0 Å². The number of hydrogen-bond donors (Lipinski definition) is 0. The number of benzene rings is 1. The SMILES string of the molecule is COc1cc(-c2c(C#N)c(SCC(C)=O)nc3c2CN(C)CC3)cc(OC)c1OC. The Bertz CT molecular complexity index is 991. The van der Waals surface area contributed by atoms with E-state index in [9.17, 15) is 10.1 Å². The maximum Gasteiger partial charge on any atom is 0.203 e. The van der Waals surface area contributed by atoms with Gasteiger partial charge in [-0.1, -0.05) is 11.8 Å². The van der Waals surface area contributed by atoms with Crippen molar-refractivity contribution in [2.45, 2.75) is 24.9 Å². The highest BCUT2D eigenvalue weighted by atomic mass is 32.2. The highest BCUT2D eigenvalue weighted by Gasteiger charge is 2.27. The van der Waals surface area contributed by atoms with E-state index in [0.29, 0.717) is 34.4 Å². The van der Waals surface area contributed by atoms with Gasteiger partial charge in [0.1, 0.15) is 16.9 Å². The third-order valence-corrected chi connectivity index (χ3v) is 6.11. The predicted octanol–water partition coefficient (Wildman–Crippen LogP) is 3.32. The Balaban J connectivity index is 2.31. The molecule has 0 fully saturated rings. The van der Waals surface area contributed by atoms with Crippen LogP contribution in [0.3, 0.4) is 0 Å². The van der Waals surface area contributed by atoms with Gasteiger partial charge in [-0.15, -0.1) is 0 Å². The van der Waals surface area contributed by atoms with Gasteiger partial charge in [0.2, 0.25) is 5.75 Å². The first-order chi connectivity index (χ1) is 14.4. The molecule has 2 aromatic rings. The Morgan fingerprint density at radius 2 is 1.90 bits per heavy atom. The normalized spacial score (nSPS) is 13.3. The zero-order chi connectivity index (χ0) is 21.8. The lowest BCUT2D eigenvalue weighted by molar-refractivity contribution is -0.114. The summed E-state index contributed by atoms with van der Waals surface area (Å²) in [5.74, 6) is 1.84. The lowest BCUT2D eigenvalue weighted by Crippen LogP contribution is -2.28. The number of carbonyl (C=O) groups excluding carboxylic acids is 1. The standard InChI is InChI=1S/C22H25N3O4S/c1-13(26)12-30-22-15(10-23)20(16-11-25(2)7-6-17(16)24-22)14-8-18(27-3)21(29-5)19(9-14)28-4/h8-9H,6-7,11-12H2,1-5H3. The molecular formula is C22H25N3O4S. The minimum Gasteiger partial charge on any atom is -0.493 e. The average Bonchev–Trinajstić information content (AvgIpc) is 2.75. The number of fused-ring (bicyclic) bond motifs is 1. The van der Waals surface area contributed by atoms with E-state index in [1.165, 1.54) is 18.7 Å². The van der Waals surface area contributed by atoms with E-state index >= 15 is 0 Å². The van der Waals surface area contributed by atoms with Crippen molar-refractivity contribution in [2.75, 3.05) is 40.7 Å². The summed E-state index contributed by atoms with van der Waals surface area (Å²) in [4.78, 5) is 18.5. The molecular weight excluding hydrogens is 402 g/mol. The van der Waals surface area contributed by atoms with Crippen LogP contribution in [0.15, 0.2) is 17.2 Å². The van der Waals surface area contributed by atoms with Gasteiger partial charge in [-0.05, 0) is 37.2 Å². The van der Waals surface area contributed by atoms with Gasteiger partial charge in [-0.2, -0.15) is 5.26 Å². The van der Waals surface area contributed by atoms with Crippen LogP contribution in [0.2, 0.25) is 0 Å². The van der Waals surface area contributed by atoms with Crippen LogP contribution in [0.4, 0.5) is 0 Å². The van der Waals surface area contributed by atoms with Gasteiger partial charge in [-0.25, -0.2) is 4.98 Å². The number of methoxy groups -OCH3 is 3. The van der Waals surface area contributed by atoms with Crippen molar-refractivity contribution in [3.63, 3.8) is 0 Å². The van der Waals surface area contributed by atoms with Gasteiger partial charge in [-0.3, -0.25) is 4.79 Å². The Morgan fingerprint density at radius 3 is 2.43 bits per heavy atom. The fourth-order valence-corrected chi connectivity index (χ4v) is 4.40. The maximum absolute atomic E-state index is 11.6. The van der Waals surface area contributed by atoms with Gasteiger partial charge < -0.3 is 19.1 Å². The molecule has 1 aromatic carbocycles. The van der Waals surface area contributed by atoms with Crippen LogP contribution in [-0.4, -0.2) is 56.3 Å². The molecule has 0 unspecified atom stereocenters. The molecule has 0 saturated heterocycles. The van der Waals surface area contributed by atoms with E-state index < -0.39 is 0 Å². The Morgan fingerprint density at radius 1 is 1.23 bits per heavy atom. The molecule has 158 valence electrons. The molecule has 30 heavy (non-hydrogen) atoms. The first-order valence-corrected chi connectivity index (χ1v) is 10.5. The molecule has 7 nitrogen and oxygen atoms in total. The zero-order valence-electron chi connectivity index (χ0n) is 17.9. The highest BCUT2D eigenvalue weighted by molar-refractivity contribution is 8.00. The number of rotatable bonds is 7. The van der Waals surface area contributed by atoms with Gasteiger partial charge >= 0.3 is 0 Å². The third kappa shape index (κ3) is 4.23. The smallest absolute Gasteiger partial charge is 0.203 e. The second-order valence-corrected chi connectivity index (χ2v) is 8.06. The summed E-state index contributed by atoms with van der Waals surface area (Å²) in [6.45, 7) is 3.10. The summed E-state index contributed by atoms with van der Waals surface area (Å²) in [6.07, 6.45) is 0.780. The van der Waals surface area contributed by atoms with Crippen molar-refractivity contribution in [1.82, 2.24) is 9.88 Å². The third-order valence-electron chi connectivity index (χ3n) is 4.99. The molecule has 1 aliphatic heterocycles. The fraction of sp³-hybridized carbons (Fsp3) is 0.409. The summed E-state index contributed by atoms with van der Waals surface area (Å²) in [6, 6.07) is 6.03. The van der Waals surface area contributed by atoms with Gasteiger partial charge in [0.05, 0.1) is 32.6 Å². The van der Waals surface area contributed by atoms with Crippen molar-refractivity contribution >= 4 is 17.5 Å². The first-order valence-electron chi connectivity index (χ1n) is 9.50. The van der Waals surface area contributed by atoms with Crippen LogP contribution in [0.25, 0.3) is 11.1 Å². The molecule has 0 bridgehead atoms. The van der Waals surface area contributed by atoms with Gasteiger partial charge in [0.15, 0.2) is 11.5 Å². The van der Waals surface area contributed by atoms with Crippen molar-refractivity contribution in [1.29, 1.82) is 5.26 Å². The molecule has 0 aliphatic carbocycles. The topological polar surface area (TPSA) is 84.7 Å². The quantitative estimate of drug-likeness (QED) is 0.622. The number of ether oxygens (including phenoxy) is 3. The van der Waals surface area contributed by atoms with E-state index in [-0.39, 0.29) is 11.5 Å². The van der Waals surface area contributed by atoms with E-state index in [1.54, 1.807) is 21.3 Å². The highest BCUT2D eigenvalue weighted by Crippen LogP contribution is 2.44. The van der Waals surface area contributed by atoms with Crippen LogP contribution in [0.5, 0.6) is 17.2 Å². The number of likely N-dealkylation sites (N-methyl/N-ethyl adjacent to an activating group) is 1. The van der Waals surface area contributed by atoms with Gasteiger partial charge in [0, 0.05) is 30.8 Å². The Labute approximate surface area is 180 Å². The zero-order valence-corrected chi connectivity index (χ0v) is 18.7. The van der Waals surface area contributed by atoms with E-state index in [1.807, 2.05) is 19.2 Å². The molecule has 1 aliphatic rings. The number of Topliss-reactive ketones (excluding diaryl/α,β-unsaturated/α-hetero) is 1. The number of ketones is 1. The molecule has 3 rings (SSSR count). The molecule has 0 spiro atoms. The van der Waals surface area contributed by atoms with Crippen LogP contribution < -0.4 is 14.2 Å². The van der Waals surface area contributed by atoms with Crippen LogP contribution in [-0.2, 0) is 17.8 Å². The predicted molar refractivity (Wildman–Crippen MR) is 115 cm³/mol. The van der Waals surface area contributed by atoms with Gasteiger partial charge in [0.25, 0.3) is 0 Å². The first kappa shape index (κ1) is 21.9. The molecule has 2 heterocycles. The molecule has 0 amide bonds. The number of pyridine rings is 1. The van der Waals surface area contributed by atoms with Crippen molar-refractivity contribution < 1.29 is 19.0 Å². The lowest BCUT2D eigenvalue weighted by atomic mass is 9.91. The summed E-state index contributed by atoms with van der Waals surface area (Å²) in [5, 5.41) is 10.6. The molecule has 1 aromatic heterocycles. The lowest BCUT2D eigenvalue weighted by Gasteiger charge is -2.28. The largest absolute Gasteiger partial charge is 0.493 e. The van der Waals surface area contributed by atoms with E-state index in [0.717, 1.165) is 35.3 Å². The Hall–Kier alpha value is -2.76. The minimum atomic E-state index is 0.0393. The maximum atomic E-state index is 11.6. The second-order valence-electron chi connectivity index (χ2n) is 7.10. The summed E-state index contributed by atoms with van der Waals surface area (Å²) < 4.78 is 16.5. The number of thioether (sulfide) groups is 1. The van der Waals surface area contributed by atoms with E-state index in [2.05, 4.69) is 11.0 Å². The number of aromatic nitrogens is 1. The van der Waals surface area contributed by atoms with Crippen LogP contribution in [0, 0.1) is 11.3 Å². The summed E-state index contributed by atoms with van der Waals surface area (Å²) >= 11 is 1.31. The molecule has 0 atom stereocenters. The number of nitrogens with zero attached hydrogens (tertiary/aromatic N) is 3. The number of hydrogen-bond acceptors (Lipinski definition) is 8. The summed E-state index contributed by atoms with van der Waals surface area (Å²) in [7, 11) is 6.74. The van der Waals surface area contributed by atoms with E-state index in [4.69, 9.17) is 19.2 Å². The average molecular weight is 428 g/mol. The number of carbonyl (C=O) groups is 1.